The molecule has 3 rings (SSSR count). The van der Waals surface area contributed by atoms with E-state index in [1.807, 2.05) is 0 Å². The first-order valence-corrected chi connectivity index (χ1v) is 21.1. The molecule has 6 amide bonds. The molecule has 1 fully saturated rings. The number of aliphatic carboxylic acids is 1. The summed E-state index contributed by atoms with van der Waals surface area (Å²) in [6, 6.07) is 7.67. The second-order valence-electron chi connectivity index (χ2n) is 15.8. The Balaban J connectivity index is 1.85. The lowest BCUT2D eigenvalue weighted by molar-refractivity contribution is -0.145. The van der Waals surface area contributed by atoms with Gasteiger partial charge in [-0.25, -0.2) is 4.79 Å². The Kier molecular flexibility index (Phi) is 20.7. The number of nitrogens with two attached hydrogens (primary N) is 5. The van der Waals surface area contributed by atoms with Crippen LogP contribution in [0.15, 0.2) is 64.6 Å². The molecule has 1 aliphatic rings. The van der Waals surface area contributed by atoms with E-state index in [9.17, 15) is 43.8 Å². The SMILES string of the molecule is CC(C)C(NC(=O)C1CCCN1C(=O)CNC(=O)C(Cc1ccc(O)cc1)NC(=O)C(Cc1ccccc1)NC(=O)C(CCCN=C(N)N)NC(=O)C(N)CCCN=C(N)N)C(=O)O. The molecule has 64 heavy (non-hydrogen) atoms. The Morgan fingerprint density at radius 1 is 0.719 bits per heavy atom. The van der Waals surface area contributed by atoms with Crippen molar-refractivity contribution in [3.63, 3.8) is 0 Å². The summed E-state index contributed by atoms with van der Waals surface area (Å²) in [5.41, 5.74) is 29.0. The standard InChI is InChI=1S/C42H63N13O9/c1-24(2)34(40(63)64)54-39(62)32-13-8-20-55(32)33(57)23-50-36(59)30(22-26-14-16-27(56)17-15-26)52-38(61)31(21-25-9-4-3-5-10-25)53-37(60)29(12-7-19-49-42(46)47)51-35(58)28(43)11-6-18-48-41(44)45/h3-5,9-10,14-17,24,28-32,34,56H,6-8,11-13,18-23,43H2,1-2H3,(H,50,59)(H,51,58)(H,52,61)(H,53,60)(H,54,62)(H,63,64)(H4,44,45,48)(H4,46,47,49). The number of hydrogen-bond donors (Lipinski definition) is 12. The second kappa shape index (κ2) is 25.8. The van der Waals surface area contributed by atoms with Crippen molar-refractivity contribution in [2.75, 3.05) is 26.2 Å². The monoisotopic (exact) mass is 893 g/mol. The lowest BCUT2D eigenvalue weighted by atomic mass is 10.0. The lowest BCUT2D eigenvalue weighted by Gasteiger charge is -2.27. The normalized spacial score (nSPS) is 15.6. The minimum atomic E-state index is -1.33. The summed E-state index contributed by atoms with van der Waals surface area (Å²) in [4.78, 5) is 103. The van der Waals surface area contributed by atoms with E-state index < -0.39 is 90.1 Å². The predicted molar refractivity (Wildman–Crippen MR) is 238 cm³/mol. The number of carbonyl (C=O) groups is 7. The van der Waals surface area contributed by atoms with Gasteiger partial charge < -0.3 is 70.4 Å². The molecular weight excluding hydrogens is 831 g/mol. The number of nitrogens with one attached hydrogen (secondary N) is 5. The van der Waals surface area contributed by atoms with Gasteiger partial charge in [0.25, 0.3) is 0 Å². The number of benzene rings is 2. The molecule has 6 atom stereocenters. The molecule has 2 aromatic rings. The van der Waals surface area contributed by atoms with Crippen molar-refractivity contribution in [3.05, 3.63) is 65.7 Å². The summed E-state index contributed by atoms with van der Waals surface area (Å²) in [7, 11) is 0. The summed E-state index contributed by atoms with van der Waals surface area (Å²) >= 11 is 0. The van der Waals surface area contributed by atoms with Gasteiger partial charge in [0.15, 0.2) is 11.9 Å². The average molecular weight is 894 g/mol. The summed E-state index contributed by atoms with van der Waals surface area (Å²) in [5.74, 6) is -6.10. The van der Waals surface area contributed by atoms with Gasteiger partial charge in [-0.05, 0) is 67.7 Å². The van der Waals surface area contributed by atoms with Crippen LogP contribution in [-0.4, -0.2) is 131 Å². The van der Waals surface area contributed by atoms with E-state index in [2.05, 4.69) is 36.6 Å². The van der Waals surface area contributed by atoms with Crippen LogP contribution in [0.2, 0.25) is 0 Å². The highest BCUT2D eigenvalue weighted by Crippen LogP contribution is 2.19. The van der Waals surface area contributed by atoms with E-state index in [0.29, 0.717) is 24.0 Å². The first-order valence-electron chi connectivity index (χ1n) is 21.1. The van der Waals surface area contributed by atoms with E-state index in [-0.39, 0.29) is 75.8 Å². The van der Waals surface area contributed by atoms with Gasteiger partial charge in [0.05, 0.1) is 12.6 Å². The maximum atomic E-state index is 14.3. The maximum absolute atomic E-state index is 14.3. The van der Waals surface area contributed by atoms with E-state index >= 15 is 0 Å². The minimum absolute atomic E-state index is 0.0378. The number of hydrogen-bond acceptors (Lipinski definition) is 11. The topological polar surface area (TPSA) is 378 Å². The van der Waals surface area contributed by atoms with Crippen LogP contribution in [-0.2, 0) is 46.4 Å². The molecule has 0 radical (unpaired) electrons. The van der Waals surface area contributed by atoms with Crippen LogP contribution in [0, 0.1) is 5.92 Å². The molecule has 22 heteroatoms. The molecule has 1 saturated heterocycles. The number of aliphatic imine (C=N–C) groups is 2. The molecule has 0 bridgehead atoms. The zero-order chi connectivity index (χ0) is 47.3. The lowest BCUT2D eigenvalue weighted by Crippen LogP contribution is -2.59. The molecule has 2 aromatic carbocycles. The molecule has 17 N–H and O–H groups in total. The Morgan fingerprint density at radius 2 is 1.25 bits per heavy atom. The summed E-state index contributed by atoms with van der Waals surface area (Å²) in [5, 5.41) is 32.6. The average Bonchev–Trinajstić information content (AvgIpc) is 3.75. The summed E-state index contributed by atoms with van der Waals surface area (Å²) < 4.78 is 0. The Hall–Kier alpha value is -6.97. The molecule has 22 nitrogen and oxygen atoms in total. The third-order valence-corrected chi connectivity index (χ3v) is 10.3. The van der Waals surface area contributed by atoms with Gasteiger partial charge in [-0.2, -0.15) is 0 Å². The molecule has 350 valence electrons. The van der Waals surface area contributed by atoms with Crippen molar-refractivity contribution in [3.8, 4) is 5.75 Å². The fourth-order valence-corrected chi connectivity index (χ4v) is 6.87. The number of carbonyl (C=O) groups excluding carboxylic acids is 6. The van der Waals surface area contributed by atoms with E-state index in [1.165, 1.54) is 17.0 Å². The highest BCUT2D eigenvalue weighted by molar-refractivity contribution is 5.96. The van der Waals surface area contributed by atoms with E-state index in [4.69, 9.17) is 28.7 Å². The number of phenolic OH excluding ortho intramolecular Hbond substituents is 1. The van der Waals surface area contributed by atoms with Gasteiger partial charge in [-0.3, -0.25) is 38.8 Å². The first kappa shape index (κ1) is 51.4. The quantitative estimate of drug-likeness (QED) is 0.0276. The number of nitrogens with zero attached hydrogens (tertiary/aromatic N) is 3. The Morgan fingerprint density at radius 3 is 1.81 bits per heavy atom. The predicted octanol–water partition coefficient (Wildman–Crippen LogP) is -2.60. The fourth-order valence-electron chi connectivity index (χ4n) is 6.87. The Bertz CT molecular complexity index is 1960. The van der Waals surface area contributed by atoms with Crippen LogP contribution in [0.1, 0.15) is 63.5 Å². The smallest absolute Gasteiger partial charge is 0.326 e. The third-order valence-electron chi connectivity index (χ3n) is 10.3. The largest absolute Gasteiger partial charge is 0.508 e. The van der Waals surface area contributed by atoms with Crippen molar-refractivity contribution in [2.24, 2.45) is 44.6 Å². The van der Waals surface area contributed by atoms with Gasteiger partial charge in [-0.15, -0.1) is 0 Å². The van der Waals surface area contributed by atoms with Gasteiger partial charge in [0.1, 0.15) is 36.0 Å². The molecule has 1 heterocycles. The highest BCUT2D eigenvalue weighted by atomic mass is 16.4. The number of carboxylic acids is 1. The minimum Gasteiger partial charge on any atom is -0.508 e. The van der Waals surface area contributed by atoms with Crippen LogP contribution < -0.4 is 55.3 Å². The van der Waals surface area contributed by atoms with Gasteiger partial charge in [-0.1, -0.05) is 56.3 Å². The van der Waals surface area contributed by atoms with Crippen LogP contribution >= 0.6 is 0 Å². The van der Waals surface area contributed by atoms with Crippen LogP contribution in [0.5, 0.6) is 5.75 Å². The van der Waals surface area contributed by atoms with Crippen molar-refractivity contribution in [1.82, 2.24) is 31.5 Å². The summed E-state index contributed by atoms with van der Waals surface area (Å²) in [6.45, 7) is 3.29. The van der Waals surface area contributed by atoms with E-state index in [1.54, 1.807) is 56.3 Å². The van der Waals surface area contributed by atoms with Crippen molar-refractivity contribution < 1.29 is 43.8 Å². The third kappa shape index (κ3) is 17.4. The maximum Gasteiger partial charge on any atom is 0.326 e. The van der Waals surface area contributed by atoms with Gasteiger partial charge in [0, 0.05) is 32.5 Å². The molecule has 1 aliphatic heterocycles. The number of rotatable bonds is 25. The van der Waals surface area contributed by atoms with Gasteiger partial charge >= 0.3 is 5.97 Å². The number of carboxylic acid groups (broad SMARTS) is 1. The number of amides is 6. The number of likely N-dealkylation sites (tertiary alicyclic amines) is 1. The molecule has 0 saturated carbocycles. The van der Waals surface area contributed by atoms with Crippen molar-refractivity contribution in [2.45, 2.75) is 101 Å². The highest BCUT2D eigenvalue weighted by Gasteiger charge is 2.37. The molecule has 6 unspecified atom stereocenters. The number of guanidine groups is 2. The van der Waals surface area contributed by atoms with Crippen molar-refractivity contribution in [1.29, 1.82) is 0 Å². The zero-order valence-electron chi connectivity index (χ0n) is 36.2. The molecular formula is C42H63N13O9. The molecule has 0 aromatic heterocycles. The van der Waals surface area contributed by atoms with Crippen LogP contribution in [0.4, 0.5) is 0 Å². The van der Waals surface area contributed by atoms with Crippen molar-refractivity contribution >= 4 is 53.3 Å². The van der Waals surface area contributed by atoms with E-state index in [0.717, 1.165) is 0 Å². The van der Waals surface area contributed by atoms with Gasteiger partial charge in [0.2, 0.25) is 35.4 Å². The fraction of sp³-hybridized carbons (Fsp3) is 0.500. The molecule has 0 spiro atoms. The Labute approximate surface area is 371 Å². The second-order valence-corrected chi connectivity index (χ2v) is 15.8. The zero-order valence-corrected chi connectivity index (χ0v) is 36.2. The molecule has 0 aliphatic carbocycles. The number of phenols is 1. The summed E-state index contributed by atoms with van der Waals surface area (Å²) in [6.07, 6.45) is 1.49. The van der Waals surface area contributed by atoms with Crippen LogP contribution in [0.3, 0.4) is 0 Å². The first-order chi connectivity index (χ1) is 30.4. The number of aromatic hydroxyl groups is 1. The van der Waals surface area contributed by atoms with Crippen LogP contribution in [0.25, 0.3) is 0 Å².